The number of rotatable bonds is 7. The number of fused-ring (bicyclic) bond motifs is 2. The Kier molecular flexibility index (Phi) is 6.56. The molecule has 1 aliphatic heterocycles. The maximum absolute atomic E-state index is 13.0. The van der Waals surface area contributed by atoms with Crippen molar-refractivity contribution in [1.29, 1.82) is 0 Å². The third-order valence-electron chi connectivity index (χ3n) is 6.58. The van der Waals surface area contributed by atoms with Crippen LogP contribution < -0.4 is 11.1 Å². The lowest BCUT2D eigenvalue weighted by molar-refractivity contribution is -0.119. The molecule has 1 fully saturated rings. The summed E-state index contributed by atoms with van der Waals surface area (Å²) >= 11 is 0. The van der Waals surface area contributed by atoms with Crippen molar-refractivity contribution in [3.05, 3.63) is 66.2 Å². The molecule has 4 aromatic rings. The molecule has 5 rings (SSSR count). The van der Waals surface area contributed by atoms with Gasteiger partial charge in [-0.25, -0.2) is 9.97 Å². The number of carbonyl (C=O) groups is 2. The summed E-state index contributed by atoms with van der Waals surface area (Å²) in [6, 6.07) is 16.6. The first-order valence-corrected chi connectivity index (χ1v) is 12.2. The number of primary amides is 1. The second-order valence-electron chi connectivity index (χ2n) is 9.49. The van der Waals surface area contributed by atoms with Crippen molar-refractivity contribution in [3.63, 3.8) is 0 Å². The molecule has 3 heterocycles. The highest BCUT2D eigenvalue weighted by Crippen LogP contribution is 2.24. The van der Waals surface area contributed by atoms with E-state index < -0.39 is 11.9 Å². The molecule has 2 amide bonds. The van der Waals surface area contributed by atoms with Crippen molar-refractivity contribution in [2.24, 2.45) is 11.7 Å². The van der Waals surface area contributed by atoms with Gasteiger partial charge in [-0.2, -0.15) is 0 Å². The van der Waals surface area contributed by atoms with Gasteiger partial charge in [-0.3, -0.25) is 14.5 Å². The second kappa shape index (κ2) is 9.94. The minimum Gasteiger partial charge on any atom is -0.451 e. The van der Waals surface area contributed by atoms with Crippen LogP contribution in [0.2, 0.25) is 0 Å². The van der Waals surface area contributed by atoms with E-state index in [-0.39, 0.29) is 11.8 Å². The van der Waals surface area contributed by atoms with Gasteiger partial charge in [-0.05, 0) is 30.2 Å². The van der Waals surface area contributed by atoms with E-state index in [1.807, 2.05) is 67.3 Å². The predicted octanol–water partition coefficient (Wildman–Crippen LogP) is 3.26. The molecule has 0 aliphatic carbocycles. The minimum atomic E-state index is -0.538. The molecule has 9 heteroatoms. The maximum Gasteiger partial charge on any atom is 0.289 e. The fourth-order valence-electron chi connectivity index (χ4n) is 4.57. The van der Waals surface area contributed by atoms with Crippen LogP contribution in [-0.2, 0) is 11.3 Å². The molecule has 3 N–H and O–H groups in total. The third-order valence-corrected chi connectivity index (χ3v) is 6.58. The Bertz CT molecular complexity index is 1370. The first-order valence-electron chi connectivity index (χ1n) is 12.2. The summed E-state index contributed by atoms with van der Waals surface area (Å²) in [6.07, 6.45) is 0. The van der Waals surface area contributed by atoms with Gasteiger partial charge in [0.05, 0.1) is 12.1 Å². The van der Waals surface area contributed by atoms with E-state index in [0.29, 0.717) is 55.7 Å². The highest BCUT2D eigenvalue weighted by Gasteiger charge is 2.26. The summed E-state index contributed by atoms with van der Waals surface area (Å²) in [5.74, 6) is 1.13. The standard InChI is InChI=1S/C27H30N6O3/c1-17(2)24(25(28)34)31-26-19-8-4-5-9-20(19)29-23(30-26)16-32-11-13-33(14-12-32)27(35)22-15-18-7-3-6-10-21(18)36-22/h3-10,15,17,24H,11-14,16H2,1-2H3,(H2,28,34)(H,29,30,31)/t24-/m0/s1. The third kappa shape index (κ3) is 4.87. The van der Waals surface area contributed by atoms with Crippen LogP contribution in [0.3, 0.4) is 0 Å². The Morgan fingerprint density at radius 3 is 2.47 bits per heavy atom. The number of nitrogens with zero attached hydrogens (tertiary/aromatic N) is 4. The van der Waals surface area contributed by atoms with Crippen LogP contribution in [0.15, 0.2) is 59.0 Å². The summed E-state index contributed by atoms with van der Waals surface area (Å²) in [4.78, 5) is 38.5. The summed E-state index contributed by atoms with van der Waals surface area (Å²) in [5, 5.41) is 5.01. The van der Waals surface area contributed by atoms with E-state index in [1.54, 1.807) is 6.07 Å². The van der Waals surface area contributed by atoms with Crippen molar-refractivity contribution >= 4 is 39.5 Å². The molecule has 0 spiro atoms. The van der Waals surface area contributed by atoms with Crippen LogP contribution in [0, 0.1) is 5.92 Å². The fraction of sp³-hybridized carbons (Fsp3) is 0.333. The van der Waals surface area contributed by atoms with Crippen molar-refractivity contribution in [2.75, 3.05) is 31.5 Å². The van der Waals surface area contributed by atoms with Crippen molar-refractivity contribution in [3.8, 4) is 0 Å². The zero-order valence-electron chi connectivity index (χ0n) is 20.5. The predicted molar refractivity (Wildman–Crippen MR) is 138 cm³/mol. The fourth-order valence-corrected chi connectivity index (χ4v) is 4.57. The van der Waals surface area contributed by atoms with Gasteiger partial charge in [0.25, 0.3) is 5.91 Å². The number of piperazine rings is 1. The van der Waals surface area contributed by atoms with Gasteiger partial charge in [0.1, 0.15) is 23.3 Å². The largest absolute Gasteiger partial charge is 0.451 e. The number of benzene rings is 2. The van der Waals surface area contributed by atoms with Crippen LogP contribution in [0.5, 0.6) is 0 Å². The van der Waals surface area contributed by atoms with E-state index in [4.69, 9.17) is 20.1 Å². The highest BCUT2D eigenvalue weighted by molar-refractivity contribution is 5.96. The number of furan rings is 1. The summed E-state index contributed by atoms with van der Waals surface area (Å²) in [7, 11) is 0. The molecule has 1 saturated heterocycles. The van der Waals surface area contributed by atoms with Crippen molar-refractivity contribution in [2.45, 2.75) is 26.4 Å². The molecule has 0 bridgehead atoms. The number of nitrogens with one attached hydrogen (secondary N) is 1. The zero-order chi connectivity index (χ0) is 25.2. The number of para-hydroxylation sites is 2. The Morgan fingerprint density at radius 1 is 1.03 bits per heavy atom. The van der Waals surface area contributed by atoms with Crippen molar-refractivity contribution in [1.82, 2.24) is 19.8 Å². The van der Waals surface area contributed by atoms with Gasteiger partial charge < -0.3 is 20.4 Å². The monoisotopic (exact) mass is 486 g/mol. The Labute approximate surface area is 209 Å². The van der Waals surface area contributed by atoms with Gasteiger partial charge in [0.15, 0.2) is 5.76 Å². The van der Waals surface area contributed by atoms with Gasteiger partial charge in [-0.15, -0.1) is 0 Å². The molecule has 0 unspecified atom stereocenters. The molecular formula is C27H30N6O3. The Morgan fingerprint density at radius 2 is 1.75 bits per heavy atom. The van der Waals surface area contributed by atoms with E-state index in [2.05, 4.69) is 10.2 Å². The van der Waals surface area contributed by atoms with Gasteiger partial charge in [-0.1, -0.05) is 44.2 Å². The topological polar surface area (TPSA) is 118 Å². The number of nitrogens with two attached hydrogens (primary N) is 1. The van der Waals surface area contributed by atoms with Crippen LogP contribution in [0.25, 0.3) is 21.9 Å². The number of anilines is 1. The quantitative estimate of drug-likeness (QED) is 0.412. The average molecular weight is 487 g/mol. The lowest BCUT2D eigenvalue weighted by atomic mass is 10.0. The second-order valence-corrected chi connectivity index (χ2v) is 9.49. The van der Waals surface area contributed by atoms with E-state index in [0.717, 1.165) is 16.3 Å². The lowest BCUT2D eigenvalue weighted by Crippen LogP contribution is -2.48. The molecule has 1 aliphatic rings. The molecule has 2 aromatic carbocycles. The summed E-state index contributed by atoms with van der Waals surface area (Å²) in [5.41, 5.74) is 7.14. The Hall–Kier alpha value is -3.98. The molecule has 0 radical (unpaired) electrons. The number of carbonyl (C=O) groups excluding carboxylic acids is 2. The first-order chi connectivity index (χ1) is 17.4. The van der Waals surface area contributed by atoms with Crippen LogP contribution in [0.1, 0.15) is 30.2 Å². The molecule has 9 nitrogen and oxygen atoms in total. The first kappa shape index (κ1) is 23.7. The van der Waals surface area contributed by atoms with E-state index in [1.165, 1.54) is 0 Å². The molecule has 0 saturated carbocycles. The smallest absolute Gasteiger partial charge is 0.289 e. The zero-order valence-corrected chi connectivity index (χ0v) is 20.5. The van der Waals surface area contributed by atoms with E-state index in [9.17, 15) is 9.59 Å². The summed E-state index contributed by atoms with van der Waals surface area (Å²) in [6.45, 7) is 6.99. The van der Waals surface area contributed by atoms with E-state index >= 15 is 0 Å². The maximum atomic E-state index is 13.0. The highest BCUT2D eigenvalue weighted by atomic mass is 16.3. The van der Waals surface area contributed by atoms with Gasteiger partial charge in [0, 0.05) is 37.0 Å². The molecule has 1 atom stereocenters. The lowest BCUT2D eigenvalue weighted by Gasteiger charge is -2.34. The average Bonchev–Trinajstić information content (AvgIpc) is 3.31. The van der Waals surface area contributed by atoms with Crippen LogP contribution in [0.4, 0.5) is 5.82 Å². The Balaban J connectivity index is 1.28. The van der Waals surface area contributed by atoms with Crippen LogP contribution in [-0.4, -0.2) is 63.8 Å². The number of hydrogen-bond acceptors (Lipinski definition) is 7. The molecule has 2 aromatic heterocycles. The molecular weight excluding hydrogens is 456 g/mol. The van der Waals surface area contributed by atoms with Crippen molar-refractivity contribution < 1.29 is 14.0 Å². The summed E-state index contributed by atoms with van der Waals surface area (Å²) < 4.78 is 5.76. The number of amides is 2. The van der Waals surface area contributed by atoms with Crippen LogP contribution >= 0.6 is 0 Å². The minimum absolute atomic E-state index is 0.0112. The number of aromatic nitrogens is 2. The molecule has 36 heavy (non-hydrogen) atoms. The number of hydrogen-bond donors (Lipinski definition) is 2. The molecule has 186 valence electrons. The normalized spacial score (nSPS) is 15.5. The SMILES string of the molecule is CC(C)[C@H](Nc1nc(CN2CCN(C(=O)c3cc4ccccc4o3)CC2)nc2ccccc12)C(N)=O. The van der Waals surface area contributed by atoms with Gasteiger partial charge in [0.2, 0.25) is 5.91 Å². The van der Waals surface area contributed by atoms with Gasteiger partial charge >= 0.3 is 0 Å².